The number of nitrogens with one attached hydrogen (secondary N) is 2. The maximum Gasteiger partial charge on any atom is 0.322 e. The largest absolute Gasteiger partial charge is 0.340 e. The third-order valence-electron chi connectivity index (χ3n) is 4.35. The number of imide groups is 1. The highest BCUT2D eigenvalue weighted by molar-refractivity contribution is 6.07. The molecule has 2 N–H and O–H groups in total. The zero-order valence-electron chi connectivity index (χ0n) is 12.5. The van der Waals surface area contributed by atoms with E-state index in [-0.39, 0.29) is 18.4 Å². The molecule has 1 unspecified atom stereocenters. The standard InChI is InChI=1S/C16H19N3O3/c1-11-3-2-4-12(9-11)5-6-13(20)19-8-7-16(10-19)14(21)17-15(22)18-16/h2-4,9H,5-8,10H2,1H3,(H2,17,18,21,22). The van der Waals surface area contributed by atoms with Crippen molar-refractivity contribution >= 4 is 17.8 Å². The fourth-order valence-electron chi connectivity index (χ4n) is 3.12. The van der Waals surface area contributed by atoms with Crippen LogP contribution in [0.3, 0.4) is 0 Å². The first kappa shape index (κ1) is 14.6. The third-order valence-corrected chi connectivity index (χ3v) is 4.35. The van der Waals surface area contributed by atoms with E-state index < -0.39 is 11.6 Å². The molecule has 22 heavy (non-hydrogen) atoms. The summed E-state index contributed by atoms with van der Waals surface area (Å²) >= 11 is 0. The lowest BCUT2D eigenvalue weighted by atomic mass is 9.99. The number of nitrogens with zero attached hydrogens (tertiary/aromatic N) is 1. The van der Waals surface area contributed by atoms with Gasteiger partial charge in [0.25, 0.3) is 5.91 Å². The number of likely N-dealkylation sites (tertiary alicyclic amines) is 1. The van der Waals surface area contributed by atoms with Crippen LogP contribution in [-0.4, -0.2) is 41.4 Å². The van der Waals surface area contributed by atoms with Gasteiger partial charge < -0.3 is 10.2 Å². The molecule has 0 saturated carbocycles. The van der Waals surface area contributed by atoms with Crippen molar-refractivity contribution < 1.29 is 14.4 Å². The van der Waals surface area contributed by atoms with Gasteiger partial charge in [0, 0.05) is 13.0 Å². The van der Waals surface area contributed by atoms with Gasteiger partial charge in [-0.2, -0.15) is 0 Å². The Morgan fingerprint density at radius 3 is 2.86 bits per heavy atom. The molecule has 3 rings (SSSR count). The minimum atomic E-state index is -0.921. The van der Waals surface area contributed by atoms with Crippen LogP contribution in [0.5, 0.6) is 0 Å². The summed E-state index contributed by atoms with van der Waals surface area (Å²) in [4.78, 5) is 37.1. The summed E-state index contributed by atoms with van der Waals surface area (Å²) in [6.07, 6.45) is 1.57. The molecule has 2 aliphatic rings. The molecular formula is C16H19N3O3. The van der Waals surface area contributed by atoms with Gasteiger partial charge >= 0.3 is 6.03 Å². The van der Waals surface area contributed by atoms with Crippen LogP contribution in [0.4, 0.5) is 4.79 Å². The fraction of sp³-hybridized carbons (Fsp3) is 0.438. The smallest absolute Gasteiger partial charge is 0.322 e. The number of carbonyl (C=O) groups is 3. The molecule has 6 nitrogen and oxygen atoms in total. The Labute approximate surface area is 128 Å². The number of hydrogen-bond acceptors (Lipinski definition) is 3. The van der Waals surface area contributed by atoms with Gasteiger partial charge in [0.05, 0.1) is 6.54 Å². The van der Waals surface area contributed by atoms with Crippen LogP contribution in [0.15, 0.2) is 24.3 Å². The summed E-state index contributed by atoms with van der Waals surface area (Å²) in [6, 6.07) is 7.62. The van der Waals surface area contributed by atoms with E-state index in [0.29, 0.717) is 25.8 Å². The summed E-state index contributed by atoms with van der Waals surface area (Å²) in [6.45, 7) is 2.79. The molecule has 6 heteroatoms. The molecule has 1 spiro atoms. The Balaban J connectivity index is 1.58. The van der Waals surface area contributed by atoms with E-state index in [9.17, 15) is 14.4 Å². The minimum absolute atomic E-state index is 0.0207. The molecular weight excluding hydrogens is 282 g/mol. The molecule has 0 radical (unpaired) electrons. The van der Waals surface area contributed by atoms with Gasteiger partial charge in [-0.1, -0.05) is 29.8 Å². The van der Waals surface area contributed by atoms with Gasteiger partial charge in [-0.05, 0) is 25.3 Å². The van der Waals surface area contributed by atoms with E-state index in [1.165, 1.54) is 5.56 Å². The molecule has 1 aromatic carbocycles. The maximum absolute atomic E-state index is 12.3. The maximum atomic E-state index is 12.3. The number of hydrogen-bond donors (Lipinski definition) is 2. The molecule has 0 aliphatic carbocycles. The number of amides is 4. The van der Waals surface area contributed by atoms with Crippen LogP contribution in [0, 0.1) is 6.92 Å². The van der Waals surface area contributed by atoms with Gasteiger partial charge in [0.15, 0.2) is 0 Å². The van der Waals surface area contributed by atoms with Crippen molar-refractivity contribution in [3.05, 3.63) is 35.4 Å². The Kier molecular flexibility index (Phi) is 3.60. The predicted molar refractivity (Wildman–Crippen MR) is 80.1 cm³/mol. The molecule has 0 aromatic heterocycles. The van der Waals surface area contributed by atoms with Crippen LogP contribution in [0.1, 0.15) is 24.0 Å². The lowest BCUT2D eigenvalue weighted by Crippen LogP contribution is -2.49. The monoisotopic (exact) mass is 301 g/mol. The summed E-state index contributed by atoms with van der Waals surface area (Å²) in [5.41, 5.74) is 1.39. The number of rotatable bonds is 3. The number of carbonyl (C=O) groups excluding carboxylic acids is 3. The normalized spacial score (nSPS) is 23.8. The van der Waals surface area contributed by atoms with E-state index >= 15 is 0 Å². The molecule has 0 bridgehead atoms. The van der Waals surface area contributed by atoms with Crippen LogP contribution in [-0.2, 0) is 16.0 Å². The first-order chi connectivity index (χ1) is 10.5. The van der Waals surface area contributed by atoms with Crippen molar-refractivity contribution in [3.63, 3.8) is 0 Å². The fourth-order valence-corrected chi connectivity index (χ4v) is 3.12. The highest BCUT2D eigenvalue weighted by Gasteiger charge is 2.51. The Morgan fingerprint density at radius 1 is 1.36 bits per heavy atom. The first-order valence-electron chi connectivity index (χ1n) is 7.45. The zero-order chi connectivity index (χ0) is 15.7. The number of benzene rings is 1. The molecule has 4 amide bonds. The predicted octanol–water partition coefficient (Wildman–Crippen LogP) is 0.738. The summed E-state index contributed by atoms with van der Waals surface area (Å²) in [7, 11) is 0. The number of urea groups is 1. The molecule has 2 heterocycles. The van der Waals surface area contributed by atoms with Gasteiger partial charge in [-0.25, -0.2) is 4.79 Å². The molecule has 2 aliphatic heterocycles. The van der Waals surface area contributed by atoms with Crippen molar-refractivity contribution in [1.82, 2.24) is 15.5 Å². The average Bonchev–Trinajstić information content (AvgIpc) is 3.01. The zero-order valence-corrected chi connectivity index (χ0v) is 12.5. The molecule has 2 fully saturated rings. The second-order valence-electron chi connectivity index (χ2n) is 6.04. The SMILES string of the molecule is Cc1cccc(CCC(=O)N2CCC3(C2)NC(=O)NC3=O)c1. The van der Waals surface area contributed by atoms with Crippen LogP contribution >= 0.6 is 0 Å². The lowest BCUT2D eigenvalue weighted by molar-refractivity contribution is -0.130. The average molecular weight is 301 g/mol. The Bertz CT molecular complexity index is 643. The van der Waals surface area contributed by atoms with Crippen LogP contribution < -0.4 is 10.6 Å². The van der Waals surface area contributed by atoms with Crippen LogP contribution in [0.25, 0.3) is 0 Å². The van der Waals surface area contributed by atoms with E-state index in [4.69, 9.17) is 0 Å². The van der Waals surface area contributed by atoms with Gasteiger partial charge in [0.2, 0.25) is 5.91 Å². The first-order valence-corrected chi connectivity index (χ1v) is 7.45. The van der Waals surface area contributed by atoms with Gasteiger partial charge in [0.1, 0.15) is 5.54 Å². The molecule has 116 valence electrons. The van der Waals surface area contributed by atoms with Crippen molar-refractivity contribution in [2.24, 2.45) is 0 Å². The van der Waals surface area contributed by atoms with Crippen molar-refractivity contribution in [2.75, 3.05) is 13.1 Å². The molecule has 1 atom stereocenters. The summed E-state index contributed by atoms with van der Waals surface area (Å²) in [5.74, 6) is -0.307. The number of aryl methyl sites for hydroxylation is 2. The lowest BCUT2D eigenvalue weighted by Gasteiger charge is -2.21. The van der Waals surface area contributed by atoms with E-state index in [0.717, 1.165) is 5.56 Å². The van der Waals surface area contributed by atoms with Crippen molar-refractivity contribution in [2.45, 2.75) is 31.7 Å². The van der Waals surface area contributed by atoms with Crippen LogP contribution in [0.2, 0.25) is 0 Å². The highest BCUT2D eigenvalue weighted by atomic mass is 16.2. The van der Waals surface area contributed by atoms with E-state index in [2.05, 4.69) is 16.7 Å². The van der Waals surface area contributed by atoms with E-state index in [1.807, 2.05) is 25.1 Å². The topological polar surface area (TPSA) is 78.5 Å². The highest BCUT2D eigenvalue weighted by Crippen LogP contribution is 2.25. The second kappa shape index (κ2) is 5.44. The second-order valence-corrected chi connectivity index (χ2v) is 6.04. The van der Waals surface area contributed by atoms with Crippen molar-refractivity contribution in [3.8, 4) is 0 Å². The third kappa shape index (κ3) is 2.68. The molecule has 1 aromatic rings. The summed E-state index contributed by atoms with van der Waals surface area (Å²) in [5, 5.41) is 4.90. The van der Waals surface area contributed by atoms with E-state index in [1.54, 1.807) is 4.90 Å². The Morgan fingerprint density at radius 2 is 2.18 bits per heavy atom. The Hall–Kier alpha value is -2.37. The summed E-state index contributed by atoms with van der Waals surface area (Å²) < 4.78 is 0. The van der Waals surface area contributed by atoms with Gasteiger partial charge in [-0.3, -0.25) is 14.9 Å². The molecule has 2 saturated heterocycles. The quantitative estimate of drug-likeness (QED) is 0.808. The van der Waals surface area contributed by atoms with Crippen molar-refractivity contribution in [1.29, 1.82) is 0 Å². The van der Waals surface area contributed by atoms with Gasteiger partial charge in [-0.15, -0.1) is 0 Å². The minimum Gasteiger partial charge on any atom is -0.340 e.